The van der Waals surface area contributed by atoms with Gasteiger partial charge in [0.25, 0.3) is 5.91 Å². The summed E-state index contributed by atoms with van der Waals surface area (Å²) in [6.07, 6.45) is 2.26. The maximum atomic E-state index is 12.4. The molecule has 1 saturated carbocycles. The number of nitrogens with one attached hydrogen (secondary N) is 1. The van der Waals surface area contributed by atoms with Gasteiger partial charge in [0.2, 0.25) is 0 Å². The number of carbonyl (C=O) groups is 2. The van der Waals surface area contributed by atoms with E-state index in [0.717, 1.165) is 18.5 Å². The number of amides is 1. The van der Waals surface area contributed by atoms with Crippen LogP contribution in [0.4, 0.5) is 5.69 Å². The first-order chi connectivity index (χ1) is 11.0. The van der Waals surface area contributed by atoms with E-state index in [1.165, 1.54) is 25.3 Å². The molecule has 1 aliphatic rings. The largest absolute Gasteiger partial charge is 0.495 e. The number of carbonyl (C=O) groups excluding carboxylic acids is 1. The van der Waals surface area contributed by atoms with Crippen molar-refractivity contribution in [1.29, 1.82) is 0 Å². The number of aromatic carboxylic acids is 1. The van der Waals surface area contributed by atoms with Crippen LogP contribution in [0.2, 0.25) is 0 Å². The first-order valence-electron chi connectivity index (χ1n) is 7.26. The summed E-state index contributed by atoms with van der Waals surface area (Å²) >= 11 is 0. The third-order valence-corrected chi connectivity index (χ3v) is 3.84. The minimum atomic E-state index is -1.06. The number of carboxylic acids is 1. The number of rotatable bonds is 5. The van der Waals surface area contributed by atoms with Crippen molar-refractivity contribution < 1.29 is 19.4 Å². The Morgan fingerprint density at radius 2 is 2.09 bits per heavy atom. The summed E-state index contributed by atoms with van der Waals surface area (Å²) in [5, 5.41) is 15.9. The van der Waals surface area contributed by atoms with E-state index in [1.807, 2.05) is 7.05 Å². The molecule has 120 valence electrons. The van der Waals surface area contributed by atoms with E-state index >= 15 is 0 Å². The number of anilines is 1. The van der Waals surface area contributed by atoms with Crippen molar-refractivity contribution in [1.82, 2.24) is 9.78 Å². The fraction of sp³-hybridized carbons (Fsp3) is 0.312. The fourth-order valence-electron chi connectivity index (χ4n) is 2.47. The molecular formula is C16H17N3O4. The zero-order chi connectivity index (χ0) is 16.6. The van der Waals surface area contributed by atoms with Crippen molar-refractivity contribution in [3.63, 3.8) is 0 Å². The van der Waals surface area contributed by atoms with Crippen LogP contribution in [-0.2, 0) is 7.05 Å². The van der Waals surface area contributed by atoms with Gasteiger partial charge in [0, 0.05) is 18.7 Å². The van der Waals surface area contributed by atoms with Crippen LogP contribution in [-0.4, -0.2) is 33.9 Å². The Balaban J connectivity index is 1.82. The lowest BCUT2D eigenvalue weighted by molar-refractivity contribution is 0.0696. The summed E-state index contributed by atoms with van der Waals surface area (Å²) in [5.41, 5.74) is 1.89. The number of carboxylic acid groups (broad SMARTS) is 1. The van der Waals surface area contributed by atoms with Gasteiger partial charge in [0.15, 0.2) is 5.69 Å². The minimum Gasteiger partial charge on any atom is -0.495 e. The Morgan fingerprint density at radius 1 is 1.35 bits per heavy atom. The lowest BCUT2D eigenvalue weighted by Gasteiger charge is -2.10. The SMILES string of the molecule is COc1cc(C(=O)O)ccc1NC(=O)c1cc(C2CC2)n(C)n1. The van der Waals surface area contributed by atoms with Crippen LogP contribution in [0.5, 0.6) is 5.75 Å². The van der Waals surface area contributed by atoms with E-state index in [-0.39, 0.29) is 17.2 Å². The Bertz CT molecular complexity index is 778. The number of hydrogen-bond donors (Lipinski definition) is 2. The van der Waals surface area contributed by atoms with Gasteiger partial charge in [-0.2, -0.15) is 5.10 Å². The van der Waals surface area contributed by atoms with Gasteiger partial charge in [-0.15, -0.1) is 0 Å². The van der Waals surface area contributed by atoms with Gasteiger partial charge in [0.05, 0.1) is 18.4 Å². The Kier molecular flexibility index (Phi) is 3.77. The molecule has 0 atom stereocenters. The van der Waals surface area contributed by atoms with Crippen molar-refractivity contribution in [2.45, 2.75) is 18.8 Å². The summed E-state index contributed by atoms with van der Waals surface area (Å²) in [6, 6.07) is 6.08. The molecule has 1 aromatic carbocycles. The standard InChI is InChI=1S/C16H17N3O4/c1-19-13(9-3-4-9)8-12(18-19)15(20)17-11-6-5-10(16(21)22)7-14(11)23-2/h5-9H,3-4H2,1-2H3,(H,17,20)(H,21,22). The summed E-state index contributed by atoms with van der Waals surface area (Å²) in [7, 11) is 3.25. The van der Waals surface area contributed by atoms with Gasteiger partial charge in [-0.3, -0.25) is 9.48 Å². The predicted molar refractivity (Wildman–Crippen MR) is 83.1 cm³/mol. The second-order valence-electron chi connectivity index (χ2n) is 5.53. The molecule has 0 saturated heterocycles. The molecule has 23 heavy (non-hydrogen) atoms. The summed E-state index contributed by atoms with van der Waals surface area (Å²) in [5.74, 6) is -0.621. The third kappa shape index (κ3) is 3.03. The average molecular weight is 315 g/mol. The molecule has 3 rings (SSSR count). The molecule has 7 nitrogen and oxygen atoms in total. The molecule has 1 aliphatic carbocycles. The molecule has 2 aromatic rings. The van der Waals surface area contributed by atoms with Crippen molar-refractivity contribution >= 4 is 17.6 Å². The number of nitrogens with zero attached hydrogens (tertiary/aromatic N) is 2. The maximum absolute atomic E-state index is 12.4. The molecule has 0 aliphatic heterocycles. The van der Waals surface area contributed by atoms with Crippen LogP contribution in [0, 0.1) is 0 Å². The molecule has 1 amide bonds. The molecule has 7 heteroatoms. The maximum Gasteiger partial charge on any atom is 0.335 e. The van der Waals surface area contributed by atoms with Gasteiger partial charge in [-0.05, 0) is 37.1 Å². The van der Waals surface area contributed by atoms with Gasteiger partial charge >= 0.3 is 5.97 Å². The number of aryl methyl sites for hydroxylation is 1. The van der Waals surface area contributed by atoms with Crippen LogP contribution in [0.25, 0.3) is 0 Å². The van der Waals surface area contributed by atoms with Gasteiger partial charge in [0.1, 0.15) is 5.75 Å². The van der Waals surface area contributed by atoms with E-state index in [9.17, 15) is 9.59 Å². The van der Waals surface area contributed by atoms with Crippen LogP contribution >= 0.6 is 0 Å². The molecule has 0 radical (unpaired) electrons. The van der Waals surface area contributed by atoms with Crippen LogP contribution in [0.15, 0.2) is 24.3 Å². The monoisotopic (exact) mass is 315 g/mol. The van der Waals surface area contributed by atoms with Crippen LogP contribution in [0.1, 0.15) is 45.3 Å². The van der Waals surface area contributed by atoms with E-state index in [1.54, 1.807) is 10.7 Å². The van der Waals surface area contributed by atoms with Crippen molar-refractivity contribution in [3.8, 4) is 5.75 Å². The molecular weight excluding hydrogens is 298 g/mol. The van der Waals surface area contributed by atoms with E-state index < -0.39 is 5.97 Å². The average Bonchev–Trinajstić information content (AvgIpc) is 3.29. The number of benzene rings is 1. The highest BCUT2D eigenvalue weighted by Gasteiger charge is 2.28. The number of ether oxygens (including phenoxy) is 1. The Morgan fingerprint density at radius 3 is 2.70 bits per heavy atom. The summed E-state index contributed by atoms with van der Waals surface area (Å²) in [6.45, 7) is 0. The normalized spacial score (nSPS) is 13.7. The molecule has 0 spiro atoms. The lowest BCUT2D eigenvalue weighted by Crippen LogP contribution is -2.14. The Hall–Kier alpha value is -2.83. The van der Waals surface area contributed by atoms with Crippen LogP contribution in [0.3, 0.4) is 0 Å². The van der Waals surface area contributed by atoms with E-state index in [2.05, 4.69) is 10.4 Å². The Labute approximate surface area is 132 Å². The predicted octanol–water partition coefficient (Wildman–Crippen LogP) is 2.26. The minimum absolute atomic E-state index is 0.0914. The third-order valence-electron chi connectivity index (χ3n) is 3.84. The smallest absolute Gasteiger partial charge is 0.335 e. The van der Waals surface area contributed by atoms with Crippen molar-refractivity contribution in [2.24, 2.45) is 7.05 Å². The first kappa shape index (κ1) is 15.1. The van der Waals surface area contributed by atoms with Gasteiger partial charge in [-0.25, -0.2) is 4.79 Å². The zero-order valence-electron chi connectivity index (χ0n) is 12.9. The second kappa shape index (κ2) is 5.75. The highest BCUT2D eigenvalue weighted by Crippen LogP contribution is 2.40. The molecule has 0 bridgehead atoms. The van der Waals surface area contributed by atoms with Crippen LogP contribution < -0.4 is 10.1 Å². The highest BCUT2D eigenvalue weighted by atomic mass is 16.5. The molecule has 2 N–H and O–H groups in total. The summed E-state index contributed by atoms with van der Waals surface area (Å²) in [4.78, 5) is 23.3. The topological polar surface area (TPSA) is 93.5 Å². The second-order valence-corrected chi connectivity index (χ2v) is 5.53. The van der Waals surface area contributed by atoms with E-state index in [4.69, 9.17) is 9.84 Å². The number of hydrogen-bond acceptors (Lipinski definition) is 4. The molecule has 1 fully saturated rings. The molecule has 1 aromatic heterocycles. The zero-order valence-corrected chi connectivity index (χ0v) is 12.9. The quantitative estimate of drug-likeness (QED) is 0.882. The number of aromatic nitrogens is 2. The lowest BCUT2D eigenvalue weighted by atomic mass is 10.2. The fourth-order valence-corrected chi connectivity index (χ4v) is 2.47. The summed E-state index contributed by atoms with van der Waals surface area (Å²) < 4.78 is 6.88. The van der Waals surface area contributed by atoms with E-state index in [0.29, 0.717) is 17.3 Å². The number of methoxy groups -OCH3 is 1. The van der Waals surface area contributed by atoms with Crippen molar-refractivity contribution in [2.75, 3.05) is 12.4 Å². The molecule has 0 unspecified atom stereocenters. The molecule has 1 heterocycles. The first-order valence-corrected chi connectivity index (χ1v) is 7.26. The van der Waals surface area contributed by atoms with Gasteiger partial charge in [-0.1, -0.05) is 0 Å². The van der Waals surface area contributed by atoms with Gasteiger partial charge < -0.3 is 15.2 Å². The van der Waals surface area contributed by atoms with Crippen molar-refractivity contribution in [3.05, 3.63) is 41.2 Å². The highest BCUT2D eigenvalue weighted by molar-refractivity contribution is 6.04.